The quantitative estimate of drug-likeness (QED) is 0.282. The Morgan fingerprint density at radius 1 is 1.08 bits per heavy atom. The normalized spacial score (nSPS) is 30.0. The maximum atomic E-state index is 12.7. The highest BCUT2D eigenvalue weighted by Crippen LogP contribution is 2.53. The van der Waals surface area contributed by atoms with Crippen LogP contribution in [0.2, 0.25) is 0 Å². The molecule has 3 aliphatic rings. The number of benzene rings is 1. The lowest BCUT2D eigenvalue weighted by Gasteiger charge is -2.17. The van der Waals surface area contributed by atoms with Crippen LogP contribution >= 0.6 is 0 Å². The van der Waals surface area contributed by atoms with Gasteiger partial charge in [-0.25, -0.2) is 4.79 Å². The fourth-order valence-electron chi connectivity index (χ4n) is 4.01. The Hall–Kier alpha value is -2.69. The average molecular weight is 323 g/mol. The second-order valence-corrected chi connectivity index (χ2v) is 6.68. The Bertz CT molecular complexity index is 762. The minimum Gasteiger partial charge on any atom is -0.423 e. The Labute approximate surface area is 139 Å². The van der Waals surface area contributed by atoms with Gasteiger partial charge in [0.25, 0.3) is 0 Å². The topological polar surface area (TPSA) is 63.7 Å². The van der Waals surface area contributed by atoms with Gasteiger partial charge in [-0.15, -0.1) is 0 Å². The zero-order chi connectivity index (χ0) is 17.0. The molecular weight excluding hydrogens is 306 g/mol. The summed E-state index contributed by atoms with van der Waals surface area (Å²) >= 11 is 0. The number of imide groups is 1. The first kappa shape index (κ1) is 14.9. The van der Waals surface area contributed by atoms with Gasteiger partial charge in [0, 0.05) is 5.57 Å². The molecule has 2 amide bonds. The van der Waals surface area contributed by atoms with Crippen molar-refractivity contribution in [2.45, 2.75) is 13.3 Å². The molecule has 5 heteroatoms. The number of carbonyl (C=O) groups is 3. The number of ether oxygens (including phenoxy) is 1. The third-order valence-electron chi connectivity index (χ3n) is 5.12. The van der Waals surface area contributed by atoms with E-state index < -0.39 is 5.97 Å². The van der Waals surface area contributed by atoms with Gasteiger partial charge in [0.05, 0.1) is 17.5 Å². The highest BCUT2D eigenvalue weighted by molar-refractivity contribution is 6.22. The first-order valence-corrected chi connectivity index (χ1v) is 8.01. The largest absolute Gasteiger partial charge is 0.423 e. The molecule has 0 spiro atoms. The van der Waals surface area contributed by atoms with Gasteiger partial charge in [0.2, 0.25) is 11.8 Å². The smallest absolute Gasteiger partial charge is 0.338 e. The van der Waals surface area contributed by atoms with Crippen molar-refractivity contribution in [1.82, 2.24) is 0 Å². The van der Waals surface area contributed by atoms with Crippen molar-refractivity contribution in [2.75, 3.05) is 4.90 Å². The Kier molecular flexibility index (Phi) is 3.20. The molecule has 2 bridgehead atoms. The van der Waals surface area contributed by atoms with E-state index in [9.17, 15) is 14.4 Å². The molecule has 122 valence electrons. The number of hydrogen-bond acceptors (Lipinski definition) is 4. The van der Waals surface area contributed by atoms with Gasteiger partial charge >= 0.3 is 5.97 Å². The molecule has 1 aromatic carbocycles. The minimum absolute atomic E-state index is 0.117. The summed E-state index contributed by atoms with van der Waals surface area (Å²) in [6.07, 6.45) is 5.05. The molecule has 0 unspecified atom stereocenters. The third-order valence-corrected chi connectivity index (χ3v) is 5.12. The Morgan fingerprint density at radius 2 is 1.62 bits per heavy atom. The van der Waals surface area contributed by atoms with Crippen LogP contribution < -0.4 is 9.64 Å². The summed E-state index contributed by atoms with van der Waals surface area (Å²) in [5.41, 5.74) is 0.827. The number of esters is 1. The molecule has 1 aliphatic heterocycles. The lowest BCUT2D eigenvalue weighted by Crippen LogP contribution is -2.32. The molecule has 0 radical (unpaired) electrons. The molecule has 1 heterocycles. The monoisotopic (exact) mass is 323 g/mol. The second kappa shape index (κ2) is 5.16. The van der Waals surface area contributed by atoms with Crippen LogP contribution in [-0.4, -0.2) is 17.8 Å². The first-order chi connectivity index (χ1) is 11.5. The van der Waals surface area contributed by atoms with E-state index in [1.807, 2.05) is 0 Å². The molecule has 1 aromatic rings. The molecule has 0 aromatic heterocycles. The van der Waals surface area contributed by atoms with Crippen LogP contribution in [-0.2, 0) is 14.4 Å². The number of rotatable bonds is 3. The summed E-state index contributed by atoms with van der Waals surface area (Å²) in [5, 5.41) is 0. The van der Waals surface area contributed by atoms with Crippen LogP contribution in [0.5, 0.6) is 5.75 Å². The molecule has 5 nitrogen and oxygen atoms in total. The molecule has 2 fully saturated rings. The fraction of sp³-hybridized carbons (Fsp3) is 0.316. The van der Waals surface area contributed by atoms with E-state index in [1.54, 1.807) is 31.2 Å². The second-order valence-electron chi connectivity index (χ2n) is 6.68. The number of allylic oxidation sites excluding steroid dienone is 2. The van der Waals surface area contributed by atoms with Gasteiger partial charge in [-0.3, -0.25) is 14.5 Å². The molecule has 2 aliphatic carbocycles. The Balaban J connectivity index is 1.57. The van der Waals surface area contributed by atoms with Gasteiger partial charge < -0.3 is 4.74 Å². The van der Waals surface area contributed by atoms with Gasteiger partial charge in [0.1, 0.15) is 5.75 Å². The third kappa shape index (κ3) is 2.04. The maximum absolute atomic E-state index is 12.7. The fourth-order valence-corrected chi connectivity index (χ4v) is 4.01. The van der Waals surface area contributed by atoms with Crippen molar-refractivity contribution < 1.29 is 19.1 Å². The SMILES string of the molecule is C=C(C)C(=O)Oc1ccc(N2C(=O)[C@@H]3[C@H](C2=O)[C@H]2C=C[C@H]3C2)cc1. The summed E-state index contributed by atoms with van der Waals surface area (Å²) in [6, 6.07) is 6.43. The van der Waals surface area contributed by atoms with E-state index in [-0.39, 0.29) is 35.5 Å². The van der Waals surface area contributed by atoms with Crippen molar-refractivity contribution in [3.63, 3.8) is 0 Å². The zero-order valence-corrected chi connectivity index (χ0v) is 13.3. The van der Waals surface area contributed by atoms with Crippen LogP contribution in [0.25, 0.3) is 0 Å². The minimum atomic E-state index is -0.506. The standard InChI is InChI=1S/C19H17NO4/c1-10(2)19(23)24-14-7-5-13(6-8-14)20-17(21)15-11-3-4-12(9-11)16(15)18(20)22/h3-8,11-12,15-16H,1,9H2,2H3/t11-,12-,15-,16+/m0/s1. The van der Waals surface area contributed by atoms with E-state index in [0.717, 1.165) is 6.42 Å². The van der Waals surface area contributed by atoms with Gasteiger partial charge in [-0.2, -0.15) is 0 Å². The summed E-state index contributed by atoms with van der Waals surface area (Å²) < 4.78 is 5.13. The first-order valence-electron chi connectivity index (χ1n) is 8.01. The molecule has 0 N–H and O–H groups in total. The van der Waals surface area contributed by atoms with Crippen LogP contribution in [0.15, 0.2) is 48.6 Å². The van der Waals surface area contributed by atoms with E-state index in [1.165, 1.54) is 4.90 Å². The molecular formula is C19H17NO4. The Morgan fingerprint density at radius 3 is 2.12 bits per heavy atom. The van der Waals surface area contributed by atoms with E-state index in [2.05, 4.69) is 18.7 Å². The number of hydrogen-bond donors (Lipinski definition) is 0. The van der Waals surface area contributed by atoms with Crippen molar-refractivity contribution in [2.24, 2.45) is 23.7 Å². The molecule has 24 heavy (non-hydrogen) atoms. The number of anilines is 1. The van der Waals surface area contributed by atoms with E-state index in [0.29, 0.717) is 17.0 Å². The molecule has 4 rings (SSSR count). The number of amides is 2. The van der Waals surface area contributed by atoms with Crippen molar-refractivity contribution in [3.8, 4) is 5.75 Å². The number of fused-ring (bicyclic) bond motifs is 5. The van der Waals surface area contributed by atoms with Crippen molar-refractivity contribution >= 4 is 23.5 Å². The van der Waals surface area contributed by atoms with E-state index >= 15 is 0 Å². The van der Waals surface area contributed by atoms with Crippen LogP contribution in [0.1, 0.15) is 13.3 Å². The van der Waals surface area contributed by atoms with Crippen LogP contribution in [0.3, 0.4) is 0 Å². The lowest BCUT2D eigenvalue weighted by molar-refractivity contribution is -0.130. The zero-order valence-electron chi connectivity index (χ0n) is 13.3. The van der Waals surface area contributed by atoms with Crippen molar-refractivity contribution in [3.05, 3.63) is 48.6 Å². The average Bonchev–Trinajstić information content (AvgIpc) is 3.22. The molecule has 1 saturated heterocycles. The van der Waals surface area contributed by atoms with Gasteiger partial charge in [-0.1, -0.05) is 18.7 Å². The van der Waals surface area contributed by atoms with Gasteiger partial charge in [0.15, 0.2) is 0 Å². The summed E-state index contributed by atoms with van der Waals surface area (Å²) in [5.74, 6) is -0.431. The maximum Gasteiger partial charge on any atom is 0.338 e. The summed E-state index contributed by atoms with van der Waals surface area (Å²) in [6.45, 7) is 5.09. The van der Waals surface area contributed by atoms with Crippen LogP contribution in [0.4, 0.5) is 5.69 Å². The lowest BCUT2D eigenvalue weighted by atomic mass is 9.85. The summed E-state index contributed by atoms with van der Waals surface area (Å²) in [4.78, 5) is 38.2. The number of nitrogens with zero attached hydrogens (tertiary/aromatic N) is 1. The highest BCUT2D eigenvalue weighted by Gasteiger charge is 2.59. The number of carbonyl (C=O) groups excluding carboxylic acids is 3. The highest BCUT2D eigenvalue weighted by atomic mass is 16.5. The predicted molar refractivity (Wildman–Crippen MR) is 87.1 cm³/mol. The van der Waals surface area contributed by atoms with E-state index in [4.69, 9.17) is 4.74 Å². The predicted octanol–water partition coefficient (Wildman–Crippen LogP) is 2.48. The van der Waals surface area contributed by atoms with Gasteiger partial charge in [-0.05, 0) is 49.4 Å². The molecule has 4 atom stereocenters. The summed E-state index contributed by atoms with van der Waals surface area (Å²) in [7, 11) is 0. The van der Waals surface area contributed by atoms with Crippen molar-refractivity contribution in [1.29, 1.82) is 0 Å². The molecule has 1 saturated carbocycles. The van der Waals surface area contributed by atoms with Crippen LogP contribution in [0, 0.1) is 23.7 Å².